The first-order valence-corrected chi connectivity index (χ1v) is 8.37. The van der Waals surface area contributed by atoms with Crippen molar-refractivity contribution in [3.8, 4) is 0 Å². The molecule has 2 N–H and O–H groups in total. The monoisotopic (exact) mass is 276 g/mol. The summed E-state index contributed by atoms with van der Waals surface area (Å²) in [6.45, 7) is 2.09. The highest BCUT2D eigenvalue weighted by Gasteiger charge is 2.31. The lowest BCUT2D eigenvalue weighted by atomic mass is 9.80. The highest BCUT2D eigenvalue weighted by molar-refractivity contribution is 5.04. The summed E-state index contributed by atoms with van der Waals surface area (Å²) in [6.07, 6.45) is 13.7. The van der Waals surface area contributed by atoms with E-state index in [0.717, 1.165) is 30.9 Å². The molecule has 2 aliphatic rings. The largest absolute Gasteiger partial charge is 0.325 e. The van der Waals surface area contributed by atoms with Crippen LogP contribution in [-0.4, -0.2) is 20.3 Å². The maximum absolute atomic E-state index is 6.62. The average Bonchev–Trinajstić information content (AvgIpc) is 2.81. The second-order valence-electron chi connectivity index (χ2n) is 6.93. The zero-order valence-corrected chi connectivity index (χ0v) is 12.8. The van der Waals surface area contributed by atoms with Crippen LogP contribution >= 0.6 is 0 Å². The van der Waals surface area contributed by atoms with E-state index in [9.17, 15) is 0 Å². The van der Waals surface area contributed by atoms with Crippen LogP contribution in [-0.2, 0) is 6.42 Å². The molecular formula is C16H28N4. The first-order chi connectivity index (χ1) is 9.68. The van der Waals surface area contributed by atoms with Crippen molar-refractivity contribution in [3.05, 3.63) is 11.6 Å². The molecule has 0 aliphatic heterocycles. The van der Waals surface area contributed by atoms with E-state index in [2.05, 4.69) is 21.7 Å². The average molecular weight is 276 g/mol. The number of aryl methyl sites for hydroxylation is 1. The Morgan fingerprint density at radius 1 is 1.05 bits per heavy atom. The van der Waals surface area contributed by atoms with Gasteiger partial charge in [0.05, 0.1) is 0 Å². The van der Waals surface area contributed by atoms with Gasteiger partial charge in [0, 0.05) is 18.0 Å². The van der Waals surface area contributed by atoms with E-state index in [4.69, 9.17) is 5.73 Å². The van der Waals surface area contributed by atoms with E-state index in [1.807, 2.05) is 0 Å². The molecule has 1 aromatic rings. The molecule has 4 nitrogen and oxygen atoms in total. The lowest BCUT2D eigenvalue weighted by Crippen LogP contribution is -2.44. The molecule has 0 spiro atoms. The smallest absolute Gasteiger partial charge is 0.135 e. The Labute approximate surface area is 122 Å². The van der Waals surface area contributed by atoms with E-state index >= 15 is 0 Å². The molecule has 112 valence electrons. The SMILES string of the molecule is Cc1nnc(CC2(N)CCCCC2)n1C1CCCCC1. The third kappa shape index (κ3) is 2.90. The Kier molecular flexibility index (Phi) is 4.11. The lowest BCUT2D eigenvalue weighted by molar-refractivity contribution is 0.276. The number of hydrogen-bond acceptors (Lipinski definition) is 3. The number of hydrogen-bond donors (Lipinski definition) is 1. The Morgan fingerprint density at radius 2 is 1.70 bits per heavy atom. The van der Waals surface area contributed by atoms with Gasteiger partial charge in [-0.1, -0.05) is 38.5 Å². The standard InChI is InChI=1S/C16H28N4/c1-13-18-19-15(12-16(17)10-6-3-7-11-16)20(13)14-8-4-2-5-9-14/h14H,2-12,17H2,1H3. The van der Waals surface area contributed by atoms with Crippen LogP contribution in [0.5, 0.6) is 0 Å². The molecule has 4 heteroatoms. The van der Waals surface area contributed by atoms with Crippen molar-refractivity contribution in [1.29, 1.82) is 0 Å². The molecule has 0 aromatic carbocycles. The lowest BCUT2D eigenvalue weighted by Gasteiger charge is -2.34. The maximum Gasteiger partial charge on any atom is 0.135 e. The van der Waals surface area contributed by atoms with Crippen LogP contribution in [0.1, 0.15) is 81.9 Å². The third-order valence-corrected chi connectivity index (χ3v) is 5.24. The van der Waals surface area contributed by atoms with Gasteiger partial charge in [0.1, 0.15) is 11.6 Å². The predicted molar refractivity (Wildman–Crippen MR) is 80.6 cm³/mol. The third-order valence-electron chi connectivity index (χ3n) is 5.24. The maximum atomic E-state index is 6.62. The summed E-state index contributed by atoms with van der Waals surface area (Å²) in [4.78, 5) is 0. The van der Waals surface area contributed by atoms with Crippen molar-refractivity contribution in [3.63, 3.8) is 0 Å². The van der Waals surface area contributed by atoms with Gasteiger partial charge < -0.3 is 10.3 Å². The van der Waals surface area contributed by atoms with Crippen LogP contribution < -0.4 is 5.73 Å². The number of aromatic nitrogens is 3. The summed E-state index contributed by atoms with van der Waals surface area (Å²) in [7, 11) is 0. The highest BCUT2D eigenvalue weighted by Crippen LogP contribution is 2.33. The fraction of sp³-hybridized carbons (Fsp3) is 0.875. The quantitative estimate of drug-likeness (QED) is 0.921. The van der Waals surface area contributed by atoms with Crippen LogP contribution in [0.25, 0.3) is 0 Å². The molecule has 1 aromatic heterocycles. The fourth-order valence-corrected chi connectivity index (χ4v) is 4.10. The number of nitrogens with zero attached hydrogens (tertiary/aromatic N) is 3. The van der Waals surface area contributed by atoms with Crippen LogP contribution in [0, 0.1) is 6.92 Å². The molecule has 2 aliphatic carbocycles. The summed E-state index contributed by atoms with van der Waals surface area (Å²) in [5.74, 6) is 2.21. The van der Waals surface area contributed by atoms with Crippen molar-refractivity contribution in [2.75, 3.05) is 0 Å². The van der Waals surface area contributed by atoms with Crippen molar-refractivity contribution in [1.82, 2.24) is 14.8 Å². The summed E-state index contributed by atoms with van der Waals surface area (Å²) >= 11 is 0. The molecule has 0 amide bonds. The second kappa shape index (κ2) is 5.84. The fourth-order valence-electron chi connectivity index (χ4n) is 4.10. The van der Waals surface area contributed by atoms with Crippen LogP contribution in [0.4, 0.5) is 0 Å². The first-order valence-electron chi connectivity index (χ1n) is 8.37. The molecule has 2 saturated carbocycles. The Morgan fingerprint density at radius 3 is 2.40 bits per heavy atom. The molecule has 0 bridgehead atoms. The highest BCUT2D eigenvalue weighted by atomic mass is 15.3. The van der Waals surface area contributed by atoms with Crippen molar-refractivity contribution >= 4 is 0 Å². The summed E-state index contributed by atoms with van der Waals surface area (Å²) in [5.41, 5.74) is 6.58. The predicted octanol–water partition coefficient (Wildman–Crippen LogP) is 3.30. The minimum absolute atomic E-state index is 0.0376. The molecule has 0 atom stereocenters. The van der Waals surface area contributed by atoms with Crippen LogP contribution in [0.2, 0.25) is 0 Å². The zero-order valence-electron chi connectivity index (χ0n) is 12.8. The van der Waals surface area contributed by atoms with E-state index in [-0.39, 0.29) is 5.54 Å². The minimum atomic E-state index is -0.0376. The number of nitrogens with two attached hydrogens (primary N) is 1. The summed E-state index contributed by atoms with van der Waals surface area (Å²) in [6, 6.07) is 0.612. The minimum Gasteiger partial charge on any atom is -0.325 e. The van der Waals surface area contributed by atoms with Gasteiger partial charge in [-0.3, -0.25) is 0 Å². The number of rotatable bonds is 3. The molecule has 0 unspecified atom stereocenters. The van der Waals surface area contributed by atoms with E-state index < -0.39 is 0 Å². The molecular weight excluding hydrogens is 248 g/mol. The van der Waals surface area contributed by atoms with E-state index in [0.29, 0.717) is 6.04 Å². The zero-order chi connectivity index (χ0) is 14.0. The van der Waals surface area contributed by atoms with Gasteiger partial charge in [-0.25, -0.2) is 0 Å². The topological polar surface area (TPSA) is 56.7 Å². The molecule has 0 radical (unpaired) electrons. The van der Waals surface area contributed by atoms with Gasteiger partial charge >= 0.3 is 0 Å². The normalized spacial score (nSPS) is 23.9. The first kappa shape index (κ1) is 14.1. The van der Waals surface area contributed by atoms with E-state index in [1.165, 1.54) is 51.4 Å². The summed E-state index contributed by atoms with van der Waals surface area (Å²) < 4.78 is 2.41. The second-order valence-corrected chi connectivity index (χ2v) is 6.93. The molecule has 2 fully saturated rings. The van der Waals surface area contributed by atoms with Crippen molar-refractivity contribution < 1.29 is 0 Å². The molecule has 1 heterocycles. The molecule has 0 saturated heterocycles. The van der Waals surface area contributed by atoms with Crippen molar-refractivity contribution in [2.45, 2.75) is 89.1 Å². The van der Waals surface area contributed by atoms with Crippen molar-refractivity contribution in [2.24, 2.45) is 5.73 Å². The Bertz CT molecular complexity index is 439. The molecule has 3 rings (SSSR count). The molecule has 20 heavy (non-hydrogen) atoms. The van der Waals surface area contributed by atoms with Gasteiger partial charge in [0.15, 0.2) is 0 Å². The summed E-state index contributed by atoms with van der Waals surface area (Å²) in [5, 5.41) is 8.81. The van der Waals surface area contributed by atoms with Gasteiger partial charge in [-0.15, -0.1) is 10.2 Å². The van der Waals surface area contributed by atoms with Gasteiger partial charge in [0.25, 0.3) is 0 Å². The van der Waals surface area contributed by atoms with Gasteiger partial charge in [0.2, 0.25) is 0 Å². The van der Waals surface area contributed by atoms with E-state index in [1.54, 1.807) is 0 Å². The Hall–Kier alpha value is -0.900. The van der Waals surface area contributed by atoms with Crippen LogP contribution in [0.3, 0.4) is 0 Å². The Balaban J connectivity index is 1.79. The van der Waals surface area contributed by atoms with Gasteiger partial charge in [-0.2, -0.15) is 0 Å². The van der Waals surface area contributed by atoms with Crippen LogP contribution in [0.15, 0.2) is 0 Å². The van der Waals surface area contributed by atoms with Gasteiger partial charge in [-0.05, 0) is 32.6 Å².